The first-order valence-electron chi connectivity index (χ1n) is 9.25. The van der Waals surface area contributed by atoms with E-state index in [-0.39, 0.29) is 12.5 Å². The summed E-state index contributed by atoms with van der Waals surface area (Å²) in [5, 5.41) is 12.2. The van der Waals surface area contributed by atoms with E-state index in [1.165, 1.54) is 37.8 Å². The number of carbonyl (C=O) groups excluding carboxylic acids is 1. The summed E-state index contributed by atoms with van der Waals surface area (Å²) in [6.45, 7) is 4.65. The molecule has 134 valence electrons. The van der Waals surface area contributed by atoms with Gasteiger partial charge in [0.2, 0.25) is 0 Å². The monoisotopic (exact) mass is 340 g/mol. The molecule has 0 radical (unpaired) electrons. The van der Waals surface area contributed by atoms with Gasteiger partial charge in [-0.2, -0.15) is 0 Å². The molecular formula is C21H28N2O2. The predicted octanol–water partition coefficient (Wildman–Crippen LogP) is 4.03. The van der Waals surface area contributed by atoms with Crippen LogP contribution in [0.2, 0.25) is 0 Å². The van der Waals surface area contributed by atoms with Crippen LogP contribution in [0, 0.1) is 13.8 Å². The standard InChI is InChI=1S/C21H28N2O2/c1-15-11-20(16(2)23(15)19-9-4-3-5-10-19)21(25)22-13-17-7-6-8-18(12-17)14-24/h6-8,11-12,19,24H,3-5,9-10,13-14H2,1-2H3,(H,22,25). The first-order valence-corrected chi connectivity index (χ1v) is 9.25. The summed E-state index contributed by atoms with van der Waals surface area (Å²) in [5.74, 6) is -0.0236. The van der Waals surface area contributed by atoms with Crippen LogP contribution >= 0.6 is 0 Å². The second-order valence-corrected chi connectivity index (χ2v) is 7.11. The predicted molar refractivity (Wildman–Crippen MR) is 99.6 cm³/mol. The highest BCUT2D eigenvalue weighted by Crippen LogP contribution is 2.32. The minimum absolute atomic E-state index is 0.0182. The van der Waals surface area contributed by atoms with Crippen molar-refractivity contribution in [2.75, 3.05) is 0 Å². The van der Waals surface area contributed by atoms with Crippen molar-refractivity contribution in [1.29, 1.82) is 0 Å². The highest BCUT2D eigenvalue weighted by atomic mass is 16.3. The van der Waals surface area contributed by atoms with E-state index in [0.29, 0.717) is 12.6 Å². The molecule has 1 heterocycles. The second-order valence-electron chi connectivity index (χ2n) is 7.11. The van der Waals surface area contributed by atoms with Crippen LogP contribution in [0.4, 0.5) is 0 Å². The average Bonchev–Trinajstić information content (AvgIpc) is 2.95. The number of aliphatic hydroxyl groups is 1. The quantitative estimate of drug-likeness (QED) is 0.863. The molecule has 1 aliphatic carbocycles. The zero-order chi connectivity index (χ0) is 17.8. The number of aromatic nitrogens is 1. The molecule has 1 aromatic carbocycles. The Hall–Kier alpha value is -2.07. The molecule has 4 nitrogen and oxygen atoms in total. The number of nitrogens with zero attached hydrogens (tertiary/aromatic N) is 1. The fourth-order valence-electron chi connectivity index (χ4n) is 4.02. The lowest BCUT2D eigenvalue weighted by Gasteiger charge is -2.26. The Morgan fingerprint density at radius 1 is 1.16 bits per heavy atom. The number of rotatable bonds is 5. The number of aliphatic hydroxyl groups excluding tert-OH is 1. The van der Waals surface area contributed by atoms with E-state index in [1.807, 2.05) is 30.3 Å². The first kappa shape index (κ1) is 17.7. The normalized spacial score (nSPS) is 15.3. The van der Waals surface area contributed by atoms with Crippen molar-refractivity contribution in [2.24, 2.45) is 0 Å². The van der Waals surface area contributed by atoms with Gasteiger partial charge in [0.1, 0.15) is 0 Å². The maximum atomic E-state index is 12.7. The van der Waals surface area contributed by atoms with Crippen molar-refractivity contribution in [3.05, 3.63) is 58.4 Å². The molecular weight excluding hydrogens is 312 g/mol. The van der Waals surface area contributed by atoms with Gasteiger partial charge in [0.25, 0.3) is 5.91 Å². The lowest BCUT2D eigenvalue weighted by molar-refractivity contribution is 0.0950. The van der Waals surface area contributed by atoms with Crippen molar-refractivity contribution in [2.45, 2.75) is 65.1 Å². The Balaban J connectivity index is 1.71. The van der Waals surface area contributed by atoms with Crippen LogP contribution in [-0.4, -0.2) is 15.6 Å². The molecule has 0 saturated heterocycles. The molecule has 4 heteroatoms. The maximum Gasteiger partial charge on any atom is 0.253 e. The summed E-state index contributed by atoms with van der Waals surface area (Å²) >= 11 is 0. The third-order valence-electron chi connectivity index (χ3n) is 5.30. The molecule has 1 aliphatic rings. The van der Waals surface area contributed by atoms with Gasteiger partial charge in [-0.3, -0.25) is 4.79 Å². The molecule has 1 amide bonds. The minimum atomic E-state index is -0.0236. The first-order chi connectivity index (χ1) is 12.1. The van der Waals surface area contributed by atoms with Gasteiger partial charge in [0.05, 0.1) is 12.2 Å². The second kappa shape index (κ2) is 7.87. The SMILES string of the molecule is Cc1cc(C(=O)NCc2cccc(CO)c2)c(C)n1C1CCCCC1. The lowest BCUT2D eigenvalue weighted by atomic mass is 9.95. The minimum Gasteiger partial charge on any atom is -0.392 e. The number of benzene rings is 1. The van der Waals surface area contributed by atoms with Crippen molar-refractivity contribution < 1.29 is 9.90 Å². The van der Waals surface area contributed by atoms with E-state index in [1.54, 1.807) is 0 Å². The van der Waals surface area contributed by atoms with E-state index in [0.717, 1.165) is 22.4 Å². The summed E-state index contributed by atoms with van der Waals surface area (Å²) in [6, 6.07) is 10.2. The van der Waals surface area contributed by atoms with Crippen LogP contribution in [0.25, 0.3) is 0 Å². The maximum absolute atomic E-state index is 12.7. The number of hydrogen-bond donors (Lipinski definition) is 2. The topological polar surface area (TPSA) is 54.3 Å². The van der Waals surface area contributed by atoms with Gasteiger partial charge in [0, 0.05) is 24.0 Å². The molecule has 0 bridgehead atoms. The Bertz CT molecular complexity index is 742. The largest absolute Gasteiger partial charge is 0.392 e. The number of amides is 1. The molecule has 0 atom stereocenters. The Morgan fingerprint density at radius 3 is 2.60 bits per heavy atom. The Kier molecular flexibility index (Phi) is 5.59. The Morgan fingerprint density at radius 2 is 1.88 bits per heavy atom. The fraction of sp³-hybridized carbons (Fsp3) is 0.476. The summed E-state index contributed by atoms with van der Waals surface area (Å²) in [4.78, 5) is 12.7. The number of aryl methyl sites for hydroxylation is 1. The third kappa shape index (κ3) is 3.96. The fourth-order valence-corrected chi connectivity index (χ4v) is 4.02. The smallest absolute Gasteiger partial charge is 0.253 e. The van der Waals surface area contributed by atoms with E-state index < -0.39 is 0 Å². The van der Waals surface area contributed by atoms with Gasteiger partial charge >= 0.3 is 0 Å². The highest BCUT2D eigenvalue weighted by Gasteiger charge is 2.22. The van der Waals surface area contributed by atoms with Gasteiger partial charge in [-0.25, -0.2) is 0 Å². The number of nitrogens with one attached hydrogen (secondary N) is 1. The molecule has 2 N–H and O–H groups in total. The molecule has 0 unspecified atom stereocenters. The summed E-state index contributed by atoms with van der Waals surface area (Å²) in [6.07, 6.45) is 6.32. The Labute approximate surface area is 149 Å². The van der Waals surface area contributed by atoms with Gasteiger partial charge in [-0.15, -0.1) is 0 Å². The van der Waals surface area contributed by atoms with Crippen molar-refractivity contribution in [3.8, 4) is 0 Å². The van der Waals surface area contributed by atoms with E-state index in [9.17, 15) is 9.90 Å². The van der Waals surface area contributed by atoms with Crippen LogP contribution in [0.15, 0.2) is 30.3 Å². The summed E-state index contributed by atoms with van der Waals surface area (Å²) in [5.41, 5.74) is 4.90. The van der Waals surface area contributed by atoms with Crippen LogP contribution in [0.3, 0.4) is 0 Å². The molecule has 1 fully saturated rings. The lowest BCUT2D eigenvalue weighted by Crippen LogP contribution is -2.24. The van der Waals surface area contributed by atoms with Gasteiger partial charge in [0.15, 0.2) is 0 Å². The summed E-state index contributed by atoms with van der Waals surface area (Å²) in [7, 11) is 0. The number of hydrogen-bond acceptors (Lipinski definition) is 2. The zero-order valence-electron chi connectivity index (χ0n) is 15.2. The van der Waals surface area contributed by atoms with Crippen molar-refractivity contribution in [1.82, 2.24) is 9.88 Å². The van der Waals surface area contributed by atoms with Gasteiger partial charge < -0.3 is 15.0 Å². The average molecular weight is 340 g/mol. The van der Waals surface area contributed by atoms with E-state index in [4.69, 9.17) is 0 Å². The van der Waals surface area contributed by atoms with Crippen molar-refractivity contribution >= 4 is 5.91 Å². The van der Waals surface area contributed by atoms with Crippen LogP contribution < -0.4 is 5.32 Å². The van der Waals surface area contributed by atoms with Crippen molar-refractivity contribution in [3.63, 3.8) is 0 Å². The van der Waals surface area contributed by atoms with Gasteiger partial charge in [-0.05, 0) is 43.9 Å². The van der Waals surface area contributed by atoms with E-state index in [2.05, 4.69) is 23.7 Å². The van der Waals surface area contributed by atoms with E-state index >= 15 is 0 Å². The molecule has 2 aromatic rings. The third-order valence-corrected chi connectivity index (χ3v) is 5.30. The molecule has 1 aromatic heterocycles. The highest BCUT2D eigenvalue weighted by molar-refractivity contribution is 5.95. The summed E-state index contributed by atoms with van der Waals surface area (Å²) < 4.78 is 2.36. The van der Waals surface area contributed by atoms with Crippen LogP contribution in [0.1, 0.15) is 71.0 Å². The van der Waals surface area contributed by atoms with Crippen LogP contribution in [-0.2, 0) is 13.2 Å². The molecule has 25 heavy (non-hydrogen) atoms. The molecule has 1 saturated carbocycles. The van der Waals surface area contributed by atoms with Gasteiger partial charge in [-0.1, -0.05) is 43.5 Å². The molecule has 3 rings (SSSR count). The molecule has 0 aliphatic heterocycles. The number of carbonyl (C=O) groups is 1. The van der Waals surface area contributed by atoms with Crippen LogP contribution in [0.5, 0.6) is 0 Å². The zero-order valence-corrected chi connectivity index (χ0v) is 15.2. The molecule has 0 spiro atoms.